The van der Waals surface area contributed by atoms with Crippen LogP contribution >= 0.6 is 0 Å². The van der Waals surface area contributed by atoms with Crippen molar-refractivity contribution in [3.63, 3.8) is 0 Å². The molecule has 3 amide bonds. The van der Waals surface area contributed by atoms with Gasteiger partial charge in [0, 0.05) is 43.7 Å². The fraction of sp³-hybridized carbons (Fsp3) is 0.400. The second kappa shape index (κ2) is 12.2. The summed E-state index contributed by atoms with van der Waals surface area (Å²) in [5, 5.41) is 5.75. The summed E-state index contributed by atoms with van der Waals surface area (Å²) in [6.45, 7) is 2.13. The highest BCUT2D eigenvalue weighted by molar-refractivity contribution is 6.04. The molecule has 238 valence electrons. The Balaban J connectivity index is 0.972. The molecule has 2 aliphatic carbocycles. The van der Waals surface area contributed by atoms with Crippen molar-refractivity contribution in [3.8, 4) is 23.1 Å². The number of aromatic nitrogens is 1. The number of nitrogens with one attached hydrogen (secondary N) is 2. The van der Waals surface area contributed by atoms with Gasteiger partial charge in [0.1, 0.15) is 0 Å². The molecule has 1 saturated heterocycles. The molecule has 1 saturated carbocycles. The smallest absolute Gasteiger partial charge is 0.416 e. The minimum absolute atomic E-state index is 0.118. The third-order valence-corrected chi connectivity index (χ3v) is 9.54. The molecule has 3 aromatic rings. The average Bonchev–Trinajstić information content (AvgIpc) is 3.49. The van der Waals surface area contributed by atoms with Gasteiger partial charge in [0.25, 0.3) is 0 Å². The second-order valence-corrected chi connectivity index (χ2v) is 12.4. The van der Waals surface area contributed by atoms with Crippen molar-refractivity contribution in [2.45, 2.75) is 50.9 Å². The van der Waals surface area contributed by atoms with E-state index in [1.807, 2.05) is 18.2 Å². The Morgan fingerprint density at radius 1 is 0.978 bits per heavy atom. The predicted molar refractivity (Wildman–Crippen MR) is 168 cm³/mol. The van der Waals surface area contributed by atoms with Crippen LogP contribution in [-0.2, 0) is 17.5 Å². The van der Waals surface area contributed by atoms with Gasteiger partial charge in [-0.25, -0.2) is 14.6 Å². The van der Waals surface area contributed by atoms with Gasteiger partial charge in [-0.05, 0) is 79.0 Å². The summed E-state index contributed by atoms with van der Waals surface area (Å²) in [4.78, 5) is 34.4. The first-order valence-electron chi connectivity index (χ1n) is 15.7. The number of carbonyl (C=O) groups excluding carboxylic acids is 2. The topological polar surface area (TPSA) is 86.8 Å². The zero-order valence-corrected chi connectivity index (χ0v) is 25.1. The van der Waals surface area contributed by atoms with E-state index in [-0.39, 0.29) is 18.6 Å². The van der Waals surface area contributed by atoms with Gasteiger partial charge in [-0.15, -0.1) is 11.8 Å². The molecule has 4 aliphatic rings. The Bertz CT molecular complexity index is 1680. The molecule has 8 nitrogen and oxygen atoms in total. The van der Waals surface area contributed by atoms with Crippen molar-refractivity contribution < 1.29 is 27.5 Å². The summed E-state index contributed by atoms with van der Waals surface area (Å²) >= 11 is 0. The lowest BCUT2D eigenvalue weighted by Gasteiger charge is -2.36. The lowest BCUT2D eigenvalue weighted by atomic mass is 10.1. The number of rotatable bonds is 6. The number of amides is 3. The van der Waals surface area contributed by atoms with Gasteiger partial charge in [0.05, 0.1) is 29.6 Å². The number of pyridine rings is 1. The standard InChI is InChI=1S/C35H34F3N5O3/c36-35(37,38)24-7-5-6-23(18-24)30-14-15-31-32(41-30)43(26-16-17-42(31)20-26)33(44)40-25-12-10-22(11-13-25)19-39-34(45)46-21-29-27-8-3-1-2-4-9-28(27)29/h5-7,10-15,18,26-29H,3-4,8-9,16-17,19-21H2,(H,39,45)(H,40,44)/t26-,27-,28+,29-/m0/s1. The number of hydrogen-bond donors (Lipinski definition) is 2. The molecule has 2 N–H and O–H groups in total. The van der Waals surface area contributed by atoms with E-state index in [9.17, 15) is 22.8 Å². The summed E-state index contributed by atoms with van der Waals surface area (Å²) < 4.78 is 45.6. The number of nitrogens with zero attached hydrogens (tertiary/aromatic N) is 3. The number of halogens is 3. The summed E-state index contributed by atoms with van der Waals surface area (Å²) in [7, 11) is 0. The second-order valence-electron chi connectivity index (χ2n) is 12.4. The predicted octanol–water partition coefficient (Wildman–Crippen LogP) is 7.06. The molecule has 3 heterocycles. The zero-order chi connectivity index (χ0) is 31.8. The number of urea groups is 1. The maximum absolute atomic E-state index is 13.6. The highest BCUT2D eigenvalue weighted by atomic mass is 19.4. The number of anilines is 3. The average molecular weight is 630 g/mol. The molecular weight excluding hydrogens is 595 g/mol. The van der Waals surface area contributed by atoms with Gasteiger partial charge in [-0.1, -0.05) is 24.3 Å². The minimum Gasteiger partial charge on any atom is -0.449 e. The SMILES string of the molecule is O=C(NCc1ccc(NC(=O)N2c3nc(-c4cccc(C(F)(F)F)c4)ccc3N3CC[C@H]2C3)cc1)OC[C@@H]1[C@@H]2CCC#CCC[C@@H]21. The van der Waals surface area contributed by atoms with Crippen molar-refractivity contribution in [2.75, 3.05) is 34.8 Å². The van der Waals surface area contributed by atoms with Crippen LogP contribution in [-0.4, -0.2) is 42.8 Å². The van der Waals surface area contributed by atoms with Crippen LogP contribution in [0.2, 0.25) is 0 Å². The van der Waals surface area contributed by atoms with E-state index in [4.69, 9.17) is 9.72 Å². The van der Waals surface area contributed by atoms with Crippen LogP contribution in [0.25, 0.3) is 11.3 Å². The van der Waals surface area contributed by atoms with E-state index >= 15 is 0 Å². The number of benzene rings is 2. The molecule has 2 aromatic carbocycles. The van der Waals surface area contributed by atoms with Crippen LogP contribution < -0.4 is 20.4 Å². The van der Waals surface area contributed by atoms with E-state index < -0.39 is 17.8 Å². The van der Waals surface area contributed by atoms with Crippen molar-refractivity contribution >= 4 is 29.3 Å². The van der Waals surface area contributed by atoms with E-state index in [1.165, 1.54) is 6.07 Å². The molecule has 2 aliphatic heterocycles. The van der Waals surface area contributed by atoms with Gasteiger partial charge >= 0.3 is 18.3 Å². The van der Waals surface area contributed by atoms with Crippen LogP contribution in [0.4, 0.5) is 40.0 Å². The van der Waals surface area contributed by atoms with Crippen LogP contribution in [0, 0.1) is 29.6 Å². The number of ether oxygens (including phenoxy) is 1. The van der Waals surface area contributed by atoms with E-state index in [2.05, 4.69) is 27.4 Å². The summed E-state index contributed by atoms with van der Waals surface area (Å²) in [6, 6.07) is 15.3. The highest BCUT2D eigenvalue weighted by Gasteiger charge is 2.49. The van der Waals surface area contributed by atoms with Gasteiger partial charge in [-0.2, -0.15) is 13.2 Å². The number of alkyl carbamates (subject to hydrolysis) is 1. The molecule has 1 aromatic heterocycles. The normalized spacial score (nSPS) is 22.8. The van der Waals surface area contributed by atoms with Crippen LogP contribution in [0.3, 0.4) is 0 Å². The quantitative estimate of drug-likeness (QED) is 0.285. The Morgan fingerprint density at radius 3 is 2.48 bits per heavy atom. The molecule has 0 radical (unpaired) electrons. The first-order valence-corrected chi connectivity index (χ1v) is 15.7. The first-order chi connectivity index (χ1) is 22.2. The zero-order valence-electron chi connectivity index (χ0n) is 25.1. The number of alkyl halides is 3. The fourth-order valence-corrected chi connectivity index (χ4v) is 7.06. The van der Waals surface area contributed by atoms with Crippen LogP contribution in [0.5, 0.6) is 0 Å². The van der Waals surface area contributed by atoms with Crippen molar-refractivity contribution in [2.24, 2.45) is 17.8 Å². The fourth-order valence-electron chi connectivity index (χ4n) is 7.06. The largest absolute Gasteiger partial charge is 0.449 e. The van der Waals surface area contributed by atoms with Gasteiger partial charge in [0.2, 0.25) is 0 Å². The number of carbonyl (C=O) groups is 2. The maximum Gasteiger partial charge on any atom is 0.416 e. The molecule has 11 heteroatoms. The third-order valence-electron chi connectivity index (χ3n) is 9.54. The molecule has 2 bridgehead atoms. The molecule has 7 rings (SSSR count). The Hall–Kier alpha value is -4.72. The van der Waals surface area contributed by atoms with E-state index in [0.717, 1.165) is 62.0 Å². The van der Waals surface area contributed by atoms with Crippen LogP contribution in [0.15, 0.2) is 60.7 Å². The van der Waals surface area contributed by atoms with Gasteiger partial charge < -0.3 is 20.3 Å². The lowest BCUT2D eigenvalue weighted by molar-refractivity contribution is -0.137. The molecule has 2 fully saturated rings. The van der Waals surface area contributed by atoms with Crippen LogP contribution in [0.1, 0.15) is 43.2 Å². The molecular formula is C35H34F3N5O3. The molecule has 46 heavy (non-hydrogen) atoms. The lowest BCUT2D eigenvalue weighted by Crippen LogP contribution is -2.48. The Kier molecular flexibility index (Phi) is 7.97. The summed E-state index contributed by atoms with van der Waals surface area (Å²) in [5.74, 6) is 8.47. The number of hydrogen-bond acceptors (Lipinski definition) is 5. The van der Waals surface area contributed by atoms with E-state index in [0.29, 0.717) is 53.7 Å². The summed E-state index contributed by atoms with van der Waals surface area (Å²) in [6.07, 6.45) is -0.161. The third kappa shape index (κ3) is 6.21. The van der Waals surface area contributed by atoms with Gasteiger partial charge in [-0.3, -0.25) is 4.90 Å². The van der Waals surface area contributed by atoms with Crippen molar-refractivity contribution in [1.29, 1.82) is 0 Å². The number of fused-ring (bicyclic) bond motifs is 5. The maximum atomic E-state index is 13.6. The first kappa shape index (κ1) is 30.0. The Morgan fingerprint density at radius 2 is 1.74 bits per heavy atom. The molecule has 4 atom stereocenters. The highest BCUT2D eigenvalue weighted by Crippen LogP contribution is 2.52. The minimum atomic E-state index is -4.47. The van der Waals surface area contributed by atoms with Crippen molar-refractivity contribution in [1.82, 2.24) is 10.3 Å². The van der Waals surface area contributed by atoms with Crippen molar-refractivity contribution in [3.05, 3.63) is 71.8 Å². The summed E-state index contributed by atoms with van der Waals surface area (Å²) in [5.41, 5.74) is 2.12. The Labute approximate surface area is 265 Å². The molecule has 0 unspecified atom stereocenters. The monoisotopic (exact) mass is 629 g/mol. The molecule has 0 spiro atoms. The van der Waals surface area contributed by atoms with E-state index in [1.54, 1.807) is 29.2 Å². The van der Waals surface area contributed by atoms with Gasteiger partial charge in [0.15, 0.2) is 5.82 Å².